The summed E-state index contributed by atoms with van der Waals surface area (Å²) in [6.07, 6.45) is 3.95. The predicted molar refractivity (Wildman–Crippen MR) is 55.3 cm³/mol. The van der Waals surface area contributed by atoms with Gasteiger partial charge >= 0.3 is 0 Å². The average Bonchev–Trinajstić information content (AvgIpc) is 2.49. The Hall–Kier alpha value is -1.27. The van der Waals surface area contributed by atoms with E-state index in [1.165, 1.54) is 0 Å². The first kappa shape index (κ1) is 8.33. The van der Waals surface area contributed by atoms with Gasteiger partial charge in [0.1, 0.15) is 6.54 Å². The maximum Gasteiger partial charge on any atom is 0.109 e. The Labute approximate surface area is 84.5 Å². The molecule has 2 aromatic rings. The molecule has 0 aliphatic carbocycles. The van der Waals surface area contributed by atoms with Gasteiger partial charge in [-0.15, -0.1) is 0 Å². The van der Waals surface area contributed by atoms with Gasteiger partial charge in [-0.3, -0.25) is 0 Å². The van der Waals surface area contributed by atoms with Crippen molar-refractivity contribution in [2.75, 3.05) is 0 Å². The number of halogens is 1. The third-order valence-corrected chi connectivity index (χ3v) is 2.63. The molecule has 2 nitrogen and oxygen atoms in total. The number of benzene rings is 1. The summed E-state index contributed by atoms with van der Waals surface area (Å²) in [7, 11) is 0. The average molecular weight is 235 g/mol. The lowest BCUT2D eigenvalue weighted by Crippen LogP contribution is -1.88. The largest absolute Gasteiger partial charge is 0.339 e. The van der Waals surface area contributed by atoms with E-state index in [2.05, 4.69) is 22.0 Å². The number of aromatic nitrogens is 1. The van der Waals surface area contributed by atoms with Crippen molar-refractivity contribution in [3.63, 3.8) is 0 Å². The Bertz CT molecular complexity index is 479. The van der Waals surface area contributed by atoms with Crippen molar-refractivity contribution in [1.29, 1.82) is 5.26 Å². The van der Waals surface area contributed by atoms with Crippen molar-refractivity contribution in [2.45, 2.75) is 6.54 Å². The quantitative estimate of drug-likeness (QED) is 0.746. The van der Waals surface area contributed by atoms with Crippen LogP contribution in [0.3, 0.4) is 0 Å². The van der Waals surface area contributed by atoms with Gasteiger partial charge in [0.25, 0.3) is 0 Å². The van der Waals surface area contributed by atoms with Crippen LogP contribution in [0.4, 0.5) is 0 Å². The maximum absolute atomic E-state index is 8.53. The van der Waals surface area contributed by atoms with E-state index in [0.29, 0.717) is 6.54 Å². The van der Waals surface area contributed by atoms with Crippen molar-refractivity contribution >= 4 is 26.7 Å². The summed E-state index contributed by atoms with van der Waals surface area (Å²) in [5.74, 6) is 0. The highest BCUT2D eigenvalue weighted by molar-refractivity contribution is 9.10. The summed E-state index contributed by atoms with van der Waals surface area (Å²) >= 11 is 3.47. The summed E-state index contributed by atoms with van der Waals surface area (Å²) in [5.41, 5.74) is 0. The second kappa shape index (κ2) is 3.23. The van der Waals surface area contributed by atoms with Gasteiger partial charge in [-0.2, -0.15) is 5.26 Å². The first-order valence-electron chi connectivity index (χ1n) is 3.92. The summed E-state index contributed by atoms with van der Waals surface area (Å²) in [6, 6.07) is 8.14. The third-order valence-electron chi connectivity index (χ3n) is 1.94. The minimum absolute atomic E-state index is 0.404. The van der Waals surface area contributed by atoms with E-state index in [1.54, 1.807) is 0 Å². The molecule has 0 atom stereocenters. The Morgan fingerprint density at radius 2 is 2.23 bits per heavy atom. The van der Waals surface area contributed by atoms with Crippen molar-refractivity contribution < 1.29 is 0 Å². The minimum atomic E-state index is 0.404. The Kier molecular flexibility index (Phi) is 2.07. The van der Waals surface area contributed by atoms with Gasteiger partial charge in [0, 0.05) is 27.6 Å². The zero-order valence-electron chi connectivity index (χ0n) is 6.87. The molecule has 13 heavy (non-hydrogen) atoms. The van der Waals surface area contributed by atoms with E-state index < -0.39 is 0 Å². The van der Waals surface area contributed by atoms with Crippen LogP contribution in [0.15, 0.2) is 35.1 Å². The highest BCUT2D eigenvalue weighted by atomic mass is 79.9. The summed E-state index contributed by atoms with van der Waals surface area (Å²) in [6.45, 7) is 0.404. The maximum atomic E-state index is 8.53. The second-order valence-corrected chi connectivity index (χ2v) is 3.69. The molecule has 1 heterocycles. The highest BCUT2D eigenvalue weighted by Gasteiger charge is 2.00. The Morgan fingerprint density at radius 3 is 2.92 bits per heavy atom. The van der Waals surface area contributed by atoms with E-state index in [9.17, 15) is 0 Å². The molecule has 0 saturated heterocycles. The lowest BCUT2D eigenvalue weighted by atomic mass is 10.2. The van der Waals surface area contributed by atoms with Crippen LogP contribution in [-0.4, -0.2) is 4.57 Å². The molecule has 64 valence electrons. The van der Waals surface area contributed by atoms with Crippen LogP contribution >= 0.6 is 15.9 Å². The second-order valence-electron chi connectivity index (χ2n) is 2.83. The first-order chi connectivity index (χ1) is 6.31. The van der Waals surface area contributed by atoms with Crippen LogP contribution in [-0.2, 0) is 6.54 Å². The number of hydrogen-bond acceptors (Lipinski definition) is 1. The molecule has 0 fully saturated rings. The normalized spacial score (nSPS) is 10.2. The van der Waals surface area contributed by atoms with Crippen molar-refractivity contribution in [3.8, 4) is 6.07 Å². The molecule has 0 N–H and O–H groups in total. The fourth-order valence-corrected chi connectivity index (χ4v) is 1.84. The SMILES string of the molecule is N#CCn1cc2cccc(Br)c2c1. The zero-order valence-corrected chi connectivity index (χ0v) is 8.45. The van der Waals surface area contributed by atoms with Crippen LogP contribution in [0.5, 0.6) is 0 Å². The van der Waals surface area contributed by atoms with Crippen LogP contribution in [0.2, 0.25) is 0 Å². The number of rotatable bonds is 1. The summed E-state index contributed by atoms with van der Waals surface area (Å²) < 4.78 is 2.96. The van der Waals surface area contributed by atoms with Crippen molar-refractivity contribution in [2.24, 2.45) is 0 Å². The van der Waals surface area contributed by atoms with Gasteiger partial charge in [0.2, 0.25) is 0 Å². The van der Waals surface area contributed by atoms with E-state index in [1.807, 2.05) is 35.2 Å². The zero-order chi connectivity index (χ0) is 9.26. The van der Waals surface area contributed by atoms with Crippen LogP contribution in [0.25, 0.3) is 10.8 Å². The Balaban J connectivity index is 2.63. The lowest BCUT2D eigenvalue weighted by molar-refractivity contribution is 0.845. The van der Waals surface area contributed by atoms with Gasteiger partial charge in [-0.1, -0.05) is 28.1 Å². The van der Waals surface area contributed by atoms with Crippen LogP contribution in [0, 0.1) is 11.3 Å². The molecule has 0 unspecified atom stereocenters. The molecule has 0 aliphatic heterocycles. The summed E-state index contributed by atoms with van der Waals surface area (Å²) in [4.78, 5) is 0. The molecular formula is C10H7BrN2. The van der Waals surface area contributed by atoms with E-state index in [4.69, 9.17) is 5.26 Å². The topological polar surface area (TPSA) is 28.7 Å². The lowest BCUT2D eigenvalue weighted by Gasteiger charge is -1.90. The molecule has 1 aromatic heterocycles. The molecular weight excluding hydrogens is 228 g/mol. The molecule has 2 rings (SSSR count). The molecule has 3 heteroatoms. The van der Waals surface area contributed by atoms with E-state index in [-0.39, 0.29) is 0 Å². The van der Waals surface area contributed by atoms with Crippen LogP contribution in [0.1, 0.15) is 0 Å². The van der Waals surface area contributed by atoms with Gasteiger partial charge in [0.15, 0.2) is 0 Å². The number of nitriles is 1. The van der Waals surface area contributed by atoms with Gasteiger partial charge in [-0.05, 0) is 6.07 Å². The minimum Gasteiger partial charge on any atom is -0.339 e. The standard InChI is InChI=1S/C10H7BrN2/c11-10-3-1-2-8-6-13(5-4-12)7-9(8)10/h1-3,6-7H,5H2. The first-order valence-corrected chi connectivity index (χ1v) is 4.71. The van der Waals surface area contributed by atoms with Gasteiger partial charge in [-0.25, -0.2) is 0 Å². The van der Waals surface area contributed by atoms with Crippen LogP contribution < -0.4 is 0 Å². The predicted octanol–water partition coefficient (Wildman–Crippen LogP) is 2.93. The van der Waals surface area contributed by atoms with E-state index in [0.717, 1.165) is 15.2 Å². The fraction of sp³-hybridized carbons (Fsp3) is 0.100. The van der Waals surface area contributed by atoms with E-state index >= 15 is 0 Å². The number of fused-ring (bicyclic) bond motifs is 1. The van der Waals surface area contributed by atoms with Gasteiger partial charge < -0.3 is 4.57 Å². The molecule has 0 radical (unpaired) electrons. The molecule has 1 aromatic carbocycles. The molecule has 0 aliphatic rings. The monoisotopic (exact) mass is 234 g/mol. The molecule has 0 spiro atoms. The number of nitrogens with zero attached hydrogens (tertiary/aromatic N) is 2. The smallest absolute Gasteiger partial charge is 0.109 e. The molecule has 0 bridgehead atoms. The molecule has 0 saturated carbocycles. The summed E-state index contributed by atoms with van der Waals surface area (Å²) in [5, 5.41) is 10.8. The third kappa shape index (κ3) is 1.45. The molecule has 0 amide bonds. The fourth-order valence-electron chi connectivity index (χ4n) is 1.36. The van der Waals surface area contributed by atoms with Crippen molar-refractivity contribution in [3.05, 3.63) is 35.1 Å². The van der Waals surface area contributed by atoms with Crippen molar-refractivity contribution in [1.82, 2.24) is 4.57 Å². The highest BCUT2D eigenvalue weighted by Crippen LogP contribution is 2.24. The van der Waals surface area contributed by atoms with Gasteiger partial charge in [0.05, 0.1) is 6.07 Å². The Morgan fingerprint density at radius 1 is 1.38 bits per heavy atom. The number of hydrogen-bond donors (Lipinski definition) is 0.